The molecule has 0 atom stereocenters. The summed E-state index contributed by atoms with van der Waals surface area (Å²) in [4.78, 5) is 14.4. The first kappa shape index (κ1) is 14.8. The van der Waals surface area contributed by atoms with E-state index in [1.165, 1.54) is 0 Å². The second kappa shape index (κ2) is 6.40. The van der Waals surface area contributed by atoms with Crippen molar-refractivity contribution in [2.45, 2.75) is 6.92 Å². The first-order valence-corrected chi connectivity index (χ1v) is 4.56. The summed E-state index contributed by atoms with van der Waals surface area (Å²) >= 11 is 0. The molecule has 0 spiro atoms. The van der Waals surface area contributed by atoms with Gasteiger partial charge in [0.05, 0.1) is 6.61 Å². The molecule has 0 aliphatic carbocycles. The summed E-state index contributed by atoms with van der Waals surface area (Å²) in [6, 6.07) is 9.54. The van der Waals surface area contributed by atoms with Crippen LogP contribution >= 0.6 is 24.8 Å². The SMILES string of the molecule is CCOC(=O)c1cc2ccccc2[nH]1.Cl.Cl. The van der Waals surface area contributed by atoms with Gasteiger partial charge in [0.15, 0.2) is 0 Å². The van der Waals surface area contributed by atoms with Crippen molar-refractivity contribution in [1.82, 2.24) is 4.98 Å². The lowest BCUT2D eigenvalue weighted by molar-refractivity contribution is 0.0520. The Hall–Kier alpha value is -1.19. The number of esters is 1. The van der Waals surface area contributed by atoms with Gasteiger partial charge in [0.25, 0.3) is 0 Å². The predicted molar refractivity (Wildman–Crippen MR) is 68.8 cm³/mol. The topological polar surface area (TPSA) is 42.1 Å². The van der Waals surface area contributed by atoms with Crippen molar-refractivity contribution in [2.75, 3.05) is 6.61 Å². The first-order chi connectivity index (χ1) is 6.81. The Bertz CT molecular complexity index is 435. The van der Waals surface area contributed by atoms with Gasteiger partial charge in [-0.05, 0) is 19.1 Å². The molecule has 16 heavy (non-hydrogen) atoms. The van der Waals surface area contributed by atoms with Crippen LogP contribution in [0.25, 0.3) is 10.9 Å². The molecule has 2 rings (SSSR count). The second-order valence-electron chi connectivity index (χ2n) is 2.99. The molecule has 0 radical (unpaired) electrons. The third kappa shape index (κ3) is 2.90. The Morgan fingerprint density at radius 3 is 2.62 bits per heavy atom. The summed E-state index contributed by atoms with van der Waals surface area (Å²) in [6.45, 7) is 2.19. The zero-order valence-electron chi connectivity index (χ0n) is 8.73. The van der Waals surface area contributed by atoms with Crippen molar-refractivity contribution in [1.29, 1.82) is 0 Å². The smallest absolute Gasteiger partial charge is 0.354 e. The summed E-state index contributed by atoms with van der Waals surface area (Å²) in [5, 5.41) is 1.02. The number of aromatic amines is 1. The molecule has 0 aliphatic rings. The molecule has 0 bridgehead atoms. The molecule has 5 heteroatoms. The van der Waals surface area contributed by atoms with E-state index in [9.17, 15) is 4.79 Å². The molecule has 0 saturated heterocycles. The van der Waals surface area contributed by atoms with Crippen LogP contribution in [0.2, 0.25) is 0 Å². The van der Waals surface area contributed by atoms with Crippen molar-refractivity contribution in [3.63, 3.8) is 0 Å². The molecule has 0 fully saturated rings. The number of fused-ring (bicyclic) bond motifs is 1. The van der Waals surface area contributed by atoms with Crippen LogP contribution in [0.5, 0.6) is 0 Å². The van der Waals surface area contributed by atoms with Crippen LogP contribution in [0.4, 0.5) is 0 Å². The maximum atomic E-state index is 11.4. The molecule has 1 aromatic carbocycles. The Kier molecular flexibility index (Phi) is 5.93. The zero-order valence-corrected chi connectivity index (χ0v) is 10.4. The number of carbonyl (C=O) groups is 1. The van der Waals surface area contributed by atoms with Gasteiger partial charge in [0, 0.05) is 10.9 Å². The molecule has 0 aliphatic heterocycles. The molecule has 88 valence electrons. The average Bonchev–Trinajstić information content (AvgIpc) is 2.61. The minimum absolute atomic E-state index is 0. The summed E-state index contributed by atoms with van der Waals surface area (Å²) in [5.41, 5.74) is 1.46. The van der Waals surface area contributed by atoms with E-state index < -0.39 is 0 Å². The van der Waals surface area contributed by atoms with Crippen LogP contribution in [0.15, 0.2) is 30.3 Å². The largest absolute Gasteiger partial charge is 0.461 e. The van der Waals surface area contributed by atoms with Crippen molar-refractivity contribution in [3.8, 4) is 0 Å². The monoisotopic (exact) mass is 261 g/mol. The van der Waals surface area contributed by atoms with E-state index >= 15 is 0 Å². The Balaban J connectivity index is 0.00000112. The maximum absolute atomic E-state index is 11.4. The van der Waals surface area contributed by atoms with Crippen molar-refractivity contribution >= 4 is 41.7 Å². The summed E-state index contributed by atoms with van der Waals surface area (Å²) < 4.78 is 4.89. The highest BCUT2D eigenvalue weighted by atomic mass is 35.5. The standard InChI is InChI=1S/C11H11NO2.2ClH/c1-2-14-11(13)10-7-8-5-3-4-6-9(8)12-10;;/h3-7,12H,2H2,1H3;2*1H. The molecular weight excluding hydrogens is 249 g/mol. The predicted octanol–water partition coefficient (Wildman–Crippen LogP) is 3.19. The number of benzene rings is 1. The average molecular weight is 262 g/mol. The quantitative estimate of drug-likeness (QED) is 0.844. The van der Waals surface area contributed by atoms with Gasteiger partial charge in [0.2, 0.25) is 0 Å². The number of rotatable bonds is 2. The molecule has 0 unspecified atom stereocenters. The molecule has 2 aromatic rings. The van der Waals surface area contributed by atoms with Gasteiger partial charge in [-0.15, -0.1) is 24.8 Å². The van der Waals surface area contributed by atoms with Gasteiger partial charge in [-0.25, -0.2) is 4.79 Å². The van der Waals surface area contributed by atoms with E-state index in [-0.39, 0.29) is 30.8 Å². The highest BCUT2D eigenvalue weighted by Gasteiger charge is 2.08. The van der Waals surface area contributed by atoms with E-state index in [2.05, 4.69) is 4.98 Å². The normalized spacial score (nSPS) is 9.06. The second-order valence-corrected chi connectivity index (χ2v) is 2.99. The molecule has 1 heterocycles. The van der Waals surface area contributed by atoms with Gasteiger partial charge in [-0.3, -0.25) is 0 Å². The number of hydrogen-bond acceptors (Lipinski definition) is 2. The lowest BCUT2D eigenvalue weighted by Crippen LogP contribution is -2.04. The zero-order chi connectivity index (χ0) is 9.97. The number of carbonyl (C=O) groups excluding carboxylic acids is 1. The number of nitrogens with one attached hydrogen (secondary N) is 1. The third-order valence-electron chi connectivity index (χ3n) is 2.03. The van der Waals surface area contributed by atoms with Crippen LogP contribution in [0.3, 0.4) is 0 Å². The fourth-order valence-corrected chi connectivity index (χ4v) is 1.39. The lowest BCUT2D eigenvalue weighted by atomic mass is 10.2. The van der Waals surface area contributed by atoms with Crippen molar-refractivity contribution in [2.24, 2.45) is 0 Å². The Morgan fingerprint density at radius 1 is 1.31 bits per heavy atom. The maximum Gasteiger partial charge on any atom is 0.354 e. The van der Waals surface area contributed by atoms with Crippen molar-refractivity contribution < 1.29 is 9.53 Å². The van der Waals surface area contributed by atoms with E-state index in [0.717, 1.165) is 10.9 Å². The first-order valence-electron chi connectivity index (χ1n) is 4.56. The van der Waals surface area contributed by atoms with Crippen LogP contribution < -0.4 is 0 Å². The van der Waals surface area contributed by atoms with Gasteiger partial charge in [-0.1, -0.05) is 18.2 Å². The fourth-order valence-electron chi connectivity index (χ4n) is 1.39. The van der Waals surface area contributed by atoms with Crippen molar-refractivity contribution in [3.05, 3.63) is 36.0 Å². The summed E-state index contributed by atoms with van der Waals surface area (Å²) in [7, 11) is 0. The van der Waals surface area contributed by atoms with Gasteiger partial charge < -0.3 is 9.72 Å². The molecule has 1 aromatic heterocycles. The number of ether oxygens (including phenoxy) is 1. The number of aromatic nitrogens is 1. The van der Waals surface area contributed by atoms with Crippen LogP contribution in [0.1, 0.15) is 17.4 Å². The summed E-state index contributed by atoms with van der Waals surface area (Å²) in [5.74, 6) is -0.302. The highest BCUT2D eigenvalue weighted by Crippen LogP contribution is 2.14. The van der Waals surface area contributed by atoms with E-state index in [1.807, 2.05) is 24.3 Å². The molecule has 0 amide bonds. The van der Waals surface area contributed by atoms with Crippen LogP contribution in [-0.2, 0) is 4.74 Å². The third-order valence-corrected chi connectivity index (χ3v) is 2.03. The number of para-hydroxylation sites is 1. The minimum atomic E-state index is -0.302. The fraction of sp³-hybridized carbons (Fsp3) is 0.182. The molecule has 3 nitrogen and oxygen atoms in total. The number of H-pyrrole nitrogens is 1. The Labute approximate surface area is 106 Å². The number of halogens is 2. The minimum Gasteiger partial charge on any atom is -0.461 e. The van der Waals surface area contributed by atoms with E-state index in [4.69, 9.17) is 4.74 Å². The molecular formula is C11H13Cl2NO2. The highest BCUT2D eigenvalue weighted by molar-refractivity contribution is 5.94. The van der Waals surface area contributed by atoms with Crippen LogP contribution in [0, 0.1) is 0 Å². The van der Waals surface area contributed by atoms with E-state index in [1.54, 1.807) is 13.0 Å². The number of hydrogen-bond donors (Lipinski definition) is 1. The molecule has 0 saturated carbocycles. The lowest BCUT2D eigenvalue weighted by Gasteiger charge is -1.96. The van der Waals surface area contributed by atoms with Gasteiger partial charge >= 0.3 is 5.97 Å². The Morgan fingerprint density at radius 2 is 2.00 bits per heavy atom. The molecule has 1 N–H and O–H groups in total. The summed E-state index contributed by atoms with van der Waals surface area (Å²) in [6.07, 6.45) is 0. The van der Waals surface area contributed by atoms with Gasteiger partial charge in [0.1, 0.15) is 5.69 Å². The van der Waals surface area contributed by atoms with Crippen LogP contribution in [-0.4, -0.2) is 17.6 Å². The van der Waals surface area contributed by atoms with E-state index in [0.29, 0.717) is 12.3 Å². The van der Waals surface area contributed by atoms with Gasteiger partial charge in [-0.2, -0.15) is 0 Å².